The van der Waals surface area contributed by atoms with E-state index in [4.69, 9.17) is 4.42 Å². The maximum absolute atomic E-state index is 12.7. The van der Waals surface area contributed by atoms with E-state index < -0.39 is 0 Å². The first-order valence-corrected chi connectivity index (χ1v) is 8.44. The normalized spacial score (nSPS) is 14.6. The zero-order valence-electron chi connectivity index (χ0n) is 14.6. The number of amides is 1. The minimum absolute atomic E-state index is 0.0530. The topological polar surface area (TPSA) is 73.3 Å². The second-order valence-corrected chi connectivity index (χ2v) is 6.83. The lowest BCUT2D eigenvalue weighted by Crippen LogP contribution is -2.45. The Kier molecular flexibility index (Phi) is 4.34. The van der Waals surface area contributed by atoms with Crippen molar-refractivity contribution in [3.63, 3.8) is 0 Å². The van der Waals surface area contributed by atoms with Crippen LogP contribution in [0.3, 0.4) is 0 Å². The molecular weight excluding hydrogens is 308 g/mol. The van der Waals surface area contributed by atoms with Crippen LogP contribution in [0.2, 0.25) is 0 Å². The van der Waals surface area contributed by atoms with E-state index in [0.717, 1.165) is 12.8 Å². The van der Waals surface area contributed by atoms with Gasteiger partial charge in [-0.15, -0.1) is 5.10 Å². The lowest BCUT2D eigenvalue weighted by Gasteiger charge is -2.30. The van der Waals surface area contributed by atoms with Gasteiger partial charge in [0.15, 0.2) is 5.76 Å². The number of carbonyl (C=O) groups excluding carboxylic acids is 1. The van der Waals surface area contributed by atoms with Crippen molar-refractivity contribution in [2.45, 2.75) is 65.2 Å². The molecule has 7 nitrogen and oxygen atoms in total. The summed E-state index contributed by atoms with van der Waals surface area (Å²) in [5.74, 6) is 0.948. The van der Waals surface area contributed by atoms with Gasteiger partial charge < -0.3 is 9.32 Å². The number of rotatable bonds is 6. The third kappa shape index (κ3) is 3.02. The van der Waals surface area contributed by atoms with Crippen molar-refractivity contribution in [1.82, 2.24) is 19.2 Å². The van der Waals surface area contributed by atoms with Crippen molar-refractivity contribution >= 4 is 5.91 Å². The lowest BCUT2D eigenvalue weighted by molar-refractivity contribution is -0.135. The van der Waals surface area contributed by atoms with Crippen LogP contribution in [0.1, 0.15) is 46.6 Å². The molecule has 2 aromatic rings. The molecule has 0 atom stereocenters. The average Bonchev–Trinajstić information content (AvgIpc) is 3.07. The van der Waals surface area contributed by atoms with Crippen molar-refractivity contribution in [2.75, 3.05) is 0 Å². The molecule has 3 rings (SSSR count). The van der Waals surface area contributed by atoms with E-state index in [9.17, 15) is 9.59 Å². The quantitative estimate of drug-likeness (QED) is 0.813. The Balaban J connectivity index is 1.93. The van der Waals surface area contributed by atoms with E-state index in [1.54, 1.807) is 27.9 Å². The molecule has 130 valence electrons. The van der Waals surface area contributed by atoms with Gasteiger partial charge >= 0.3 is 5.69 Å². The number of nitrogens with zero attached hydrogens (tertiary/aromatic N) is 4. The second-order valence-electron chi connectivity index (χ2n) is 6.83. The van der Waals surface area contributed by atoms with Gasteiger partial charge in [-0.25, -0.2) is 9.48 Å². The predicted octanol–water partition coefficient (Wildman–Crippen LogP) is 2.29. The third-order valence-electron chi connectivity index (χ3n) is 4.21. The van der Waals surface area contributed by atoms with Crippen LogP contribution in [0.15, 0.2) is 27.6 Å². The van der Waals surface area contributed by atoms with Crippen molar-refractivity contribution in [1.29, 1.82) is 0 Å². The van der Waals surface area contributed by atoms with E-state index >= 15 is 0 Å². The summed E-state index contributed by atoms with van der Waals surface area (Å²) < 4.78 is 8.32. The van der Waals surface area contributed by atoms with Gasteiger partial charge in [-0.2, -0.15) is 0 Å². The van der Waals surface area contributed by atoms with Gasteiger partial charge in [0.2, 0.25) is 11.7 Å². The van der Waals surface area contributed by atoms with Crippen LogP contribution >= 0.6 is 0 Å². The summed E-state index contributed by atoms with van der Waals surface area (Å²) in [4.78, 5) is 27.1. The number of furan rings is 1. The highest BCUT2D eigenvalue weighted by Gasteiger charge is 2.32. The highest BCUT2D eigenvalue weighted by molar-refractivity contribution is 5.76. The van der Waals surface area contributed by atoms with Crippen LogP contribution in [-0.2, 0) is 11.3 Å². The van der Waals surface area contributed by atoms with Gasteiger partial charge in [0.05, 0.1) is 6.26 Å². The van der Waals surface area contributed by atoms with Gasteiger partial charge in [-0.1, -0.05) is 0 Å². The Morgan fingerprint density at radius 2 is 2.00 bits per heavy atom. The summed E-state index contributed by atoms with van der Waals surface area (Å²) >= 11 is 0. The summed E-state index contributed by atoms with van der Waals surface area (Å²) in [7, 11) is 0. The standard InChI is InChI=1S/C17H24N4O3/c1-11(2)20(12(3)4)15(22)10-19-17(23)21(13-7-8-13)16(18-19)14-6-5-9-24-14/h5-6,9,11-13H,7-8,10H2,1-4H3. The number of aromatic nitrogens is 3. The van der Waals surface area contributed by atoms with Gasteiger partial charge in [-0.05, 0) is 52.7 Å². The first-order valence-electron chi connectivity index (χ1n) is 8.44. The Bertz CT molecular complexity index is 758. The molecule has 0 aliphatic heterocycles. The highest BCUT2D eigenvalue weighted by Crippen LogP contribution is 2.36. The molecule has 2 heterocycles. The zero-order valence-corrected chi connectivity index (χ0v) is 14.6. The summed E-state index contributed by atoms with van der Waals surface area (Å²) in [5.41, 5.74) is -0.246. The first-order chi connectivity index (χ1) is 11.4. The molecule has 7 heteroatoms. The van der Waals surface area contributed by atoms with Gasteiger partial charge in [-0.3, -0.25) is 9.36 Å². The fraction of sp³-hybridized carbons (Fsp3) is 0.588. The van der Waals surface area contributed by atoms with Crippen LogP contribution in [-0.4, -0.2) is 37.2 Å². The van der Waals surface area contributed by atoms with Crippen LogP contribution in [0.25, 0.3) is 11.6 Å². The van der Waals surface area contributed by atoms with Crippen molar-refractivity contribution < 1.29 is 9.21 Å². The van der Waals surface area contributed by atoms with Crippen LogP contribution < -0.4 is 5.69 Å². The fourth-order valence-electron chi connectivity index (χ4n) is 3.14. The summed E-state index contributed by atoms with van der Waals surface area (Å²) in [6.07, 6.45) is 3.47. The summed E-state index contributed by atoms with van der Waals surface area (Å²) in [6.45, 7) is 7.83. The maximum atomic E-state index is 12.7. The molecule has 0 aromatic carbocycles. The highest BCUT2D eigenvalue weighted by atomic mass is 16.3. The lowest BCUT2D eigenvalue weighted by atomic mass is 10.2. The number of carbonyl (C=O) groups is 1. The molecule has 1 saturated carbocycles. The average molecular weight is 332 g/mol. The largest absolute Gasteiger partial charge is 0.461 e. The predicted molar refractivity (Wildman–Crippen MR) is 89.6 cm³/mol. The van der Waals surface area contributed by atoms with Gasteiger partial charge in [0, 0.05) is 18.1 Å². The molecule has 1 amide bonds. The number of hydrogen-bond acceptors (Lipinski definition) is 4. The van der Waals surface area contributed by atoms with Crippen LogP contribution in [0.5, 0.6) is 0 Å². The molecule has 2 aromatic heterocycles. The minimum Gasteiger partial charge on any atom is -0.461 e. The minimum atomic E-state index is -0.246. The van der Waals surface area contributed by atoms with Crippen molar-refractivity contribution in [3.05, 3.63) is 28.9 Å². The second kappa shape index (κ2) is 6.30. The Morgan fingerprint density at radius 3 is 2.50 bits per heavy atom. The van der Waals surface area contributed by atoms with E-state index in [2.05, 4.69) is 5.10 Å². The Morgan fingerprint density at radius 1 is 1.33 bits per heavy atom. The Hall–Kier alpha value is -2.31. The number of hydrogen-bond donors (Lipinski definition) is 0. The molecule has 0 spiro atoms. The monoisotopic (exact) mass is 332 g/mol. The molecule has 0 N–H and O–H groups in total. The molecule has 0 saturated heterocycles. The maximum Gasteiger partial charge on any atom is 0.347 e. The summed E-state index contributed by atoms with van der Waals surface area (Å²) in [5, 5.41) is 4.38. The summed E-state index contributed by atoms with van der Waals surface area (Å²) in [6, 6.07) is 3.85. The van der Waals surface area contributed by atoms with Crippen molar-refractivity contribution in [3.8, 4) is 11.6 Å². The van der Waals surface area contributed by atoms with E-state index in [1.165, 1.54) is 4.68 Å². The van der Waals surface area contributed by atoms with Crippen LogP contribution in [0.4, 0.5) is 0 Å². The van der Waals surface area contributed by atoms with Crippen LogP contribution in [0, 0.1) is 0 Å². The van der Waals surface area contributed by atoms with Gasteiger partial charge in [0.1, 0.15) is 6.54 Å². The van der Waals surface area contributed by atoms with Gasteiger partial charge in [0.25, 0.3) is 0 Å². The van der Waals surface area contributed by atoms with Crippen molar-refractivity contribution in [2.24, 2.45) is 0 Å². The van der Waals surface area contributed by atoms with E-state index in [1.807, 2.05) is 27.7 Å². The van der Waals surface area contributed by atoms with E-state index in [0.29, 0.717) is 11.6 Å². The molecule has 0 radical (unpaired) electrons. The molecule has 24 heavy (non-hydrogen) atoms. The fourth-order valence-corrected chi connectivity index (χ4v) is 3.14. The van der Waals surface area contributed by atoms with E-state index in [-0.39, 0.29) is 36.3 Å². The SMILES string of the molecule is CC(C)N(C(=O)Cn1nc(-c2ccco2)n(C2CC2)c1=O)C(C)C. The molecule has 1 aliphatic rings. The molecular formula is C17H24N4O3. The molecule has 1 aliphatic carbocycles. The molecule has 1 fully saturated rings. The molecule has 0 bridgehead atoms. The molecule has 0 unspecified atom stereocenters. The zero-order chi connectivity index (χ0) is 17.4. The smallest absolute Gasteiger partial charge is 0.347 e. The first kappa shape index (κ1) is 16.5. The Labute approximate surface area is 140 Å². The third-order valence-corrected chi connectivity index (χ3v) is 4.21.